The molecule has 140 valence electrons. The first kappa shape index (κ1) is 18.4. The standard InChI is InChI=1S/C19H22N6O2/c1-3-20-17-12-18(24-13(2)23-17)21-9-10-22-19(26)15-11-16(27-25-15)14-7-5-4-6-8-14/h4-8,11-12H,3,9-10H2,1-2H3,(H,22,26)(H2,20,21,23,24). The zero-order valence-electron chi connectivity index (χ0n) is 15.3. The van der Waals surface area contributed by atoms with Gasteiger partial charge in [-0.25, -0.2) is 9.97 Å². The average Bonchev–Trinajstić information content (AvgIpc) is 3.16. The quantitative estimate of drug-likeness (QED) is 0.526. The van der Waals surface area contributed by atoms with Crippen molar-refractivity contribution in [1.29, 1.82) is 0 Å². The molecular formula is C19H22N6O2. The molecule has 2 heterocycles. The number of nitrogens with zero attached hydrogens (tertiary/aromatic N) is 3. The van der Waals surface area contributed by atoms with Crippen LogP contribution in [0.2, 0.25) is 0 Å². The minimum absolute atomic E-state index is 0.251. The molecule has 2 aromatic heterocycles. The number of carbonyl (C=O) groups excluding carboxylic acids is 1. The Morgan fingerprint density at radius 2 is 1.78 bits per heavy atom. The molecule has 3 aromatic rings. The van der Waals surface area contributed by atoms with Gasteiger partial charge in [0.05, 0.1) is 0 Å². The molecule has 0 spiro atoms. The molecule has 8 nitrogen and oxygen atoms in total. The molecule has 0 aliphatic rings. The van der Waals surface area contributed by atoms with E-state index in [2.05, 4.69) is 31.1 Å². The first-order valence-electron chi connectivity index (χ1n) is 8.79. The third-order valence-electron chi connectivity index (χ3n) is 3.71. The zero-order valence-corrected chi connectivity index (χ0v) is 15.3. The number of anilines is 2. The number of hydrogen-bond donors (Lipinski definition) is 3. The number of aromatic nitrogens is 3. The number of benzene rings is 1. The molecule has 3 N–H and O–H groups in total. The van der Waals surface area contributed by atoms with Crippen molar-refractivity contribution in [2.24, 2.45) is 0 Å². The second-order valence-electron chi connectivity index (χ2n) is 5.84. The van der Waals surface area contributed by atoms with Crippen LogP contribution in [0.4, 0.5) is 11.6 Å². The van der Waals surface area contributed by atoms with Gasteiger partial charge in [0.25, 0.3) is 5.91 Å². The molecule has 0 unspecified atom stereocenters. The SMILES string of the molecule is CCNc1cc(NCCNC(=O)c2cc(-c3ccccc3)on2)nc(C)n1. The number of aryl methyl sites for hydroxylation is 1. The lowest BCUT2D eigenvalue weighted by Gasteiger charge is -2.09. The third kappa shape index (κ3) is 5.04. The summed E-state index contributed by atoms with van der Waals surface area (Å²) in [6.07, 6.45) is 0. The molecule has 27 heavy (non-hydrogen) atoms. The predicted octanol–water partition coefficient (Wildman–Crippen LogP) is 2.71. The third-order valence-corrected chi connectivity index (χ3v) is 3.71. The van der Waals surface area contributed by atoms with Gasteiger partial charge in [-0.15, -0.1) is 0 Å². The Morgan fingerprint density at radius 3 is 2.52 bits per heavy atom. The van der Waals surface area contributed by atoms with E-state index in [4.69, 9.17) is 4.52 Å². The lowest BCUT2D eigenvalue weighted by molar-refractivity contribution is 0.0946. The Kier molecular flexibility index (Phi) is 5.98. The molecule has 8 heteroatoms. The van der Waals surface area contributed by atoms with E-state index in [1.54, 1.807) is 6.07 Å². The summed E-state index contributed by atoms with van der Waals surface area (Å²) in [7, 11) is 0. The molecule has 0 fully saturated rings. The van der Waals surface area contributed by atoms with Gasteiger partial charge in [-0.2, -0.15) is 0 Å². The summed E-state index contributed by atoms with van der Waals surface area (Å²) in [4.78, 5) is 20.8. The molecule has 0 radical (unpaired) electrons. The molecular weight excluding hydrogens is 344 g/mol. The Balaban J connectivity index is 1.50. The number of hydrogen-bond acceptors (Lipinski definition) is 7. The minimum Gasteiger partial charge on any atom is -0.370 e. The molecule has 0 atom stereocenters. The van der Waals surface area contributed by atoms with Crippen molar-refractivity contribution in [1.82, 2.24) is 20.4 Å². The lowest BCUT2D eigenvalue weighted by Crippen LogP contribution is -2.29. The van der Waals surface area contributed by atoms with Gasteiger partial charge >= 0.3 is 0 Å². The van der Waals surface area contributed by atoms with Crippen LogP contribution in [0.3, 0.4) is 0 Å². The van der Waals surface area contributed by atoms with E-state index in [1.165, 1.54) is 0 Å². The molecule has 1 amide bonds. The summed E-state index contributed by atoms with van der Waals surface area (Å²) in [5.41, 5.74) is 1.13. The Bertz CT molecular complexity index is 894. The molecule has 0 bridgehead atoms. The average molecular weight is 366 g/mol. The Hall–Kier alpha value is -3.42. The second-order valence-corrected chi connectivity index (χ2v) is 5.84. The normalized spacial score (nSPS) is 10.4. The minimum atomic E-state index is -0.282. The largest absolute Gasteiger partial charge is 0.370 e. The van der Waals surface area contributed by atoms with Crippen LogP contribution in [0, 0.1) is 6.92 Å². The van der Waals surface area contributed by atoms with Gasteiger partial charge < -0.3 is 20.5 Å². The molecule has 3 rings (SSSR count). The van der Waals surface area contributed by atoms with Gasteiger partial charge in [0, 0.05) is 37.3 Å². The molecule has 1 aromatic carbocycles. The monoisotopic (exact) mass is 366 g/mol. The highest BCUT2D eigenvalue weighted by Gasteiger charge is 2.13. The van der Waals surface area contributed by atoms with Crippen LogP contribution in [0.5, 0.6) is 0 Å². The highest BCUT2D eigenvalue weighted by molar-refractivity contribution is 5.93. The van der Waals surface area contributed by atoms with Gasteiger partial charge in [0.2, 0.25) is 0 Å². The van der Waals surface area contributed by atoms with Gasteiger partial charge in [-0.1, -0.05) is 35.5 Å². The maximum Gasteiger partial charge on any atom is 0.273 e. The summed E-state index contributed by atoms with van der Waals surface area (Å²) >= 11 is 0. The van der Waals surface area contributed by atoms with Crippen LogP contribution in [-0.4, -0.2) is 40.7 Å². The lowest BCUT2D eigenvalue weighted by atomic mass is 10.1. The van der Waals surface area contributed by atoms with E-state index >= 15 is 0 Å². The van der Waals surface area contributed by atoms with Crippen molar-refractivity contribution in [2.75, 3.05) is 30.3 Å². The van der Waals surface area contributed by atoms with E-state index in [0.717, 1.165) is 17.9 Å². The van der Waals surface area contributed by atoms with Gasteiger partial charge in [-0.05, 0) is 13.8 Å². The number of amides is 1. The number of rotatable bonds is 8. The van der Waals surface area contributed by atoms with Crippen LogP contribution >= 0.6 is 0 Å². The molecule has 0 saturated carbocycles. The Labute approximate surface area is 157 Å². The van der Waals surface area contributed by atoms with Crippen molar-refractivity contribution >= 4 is 17.5 Å². The van der Waals surface area contributed by atoms with Crippen molar-refractivity contribution in [2.45, 2.75) is 13.8 Å². The smallest absolute Gasteiger partial charge is 0.273 e. The number of carbonyl (C=O) groups is 1. The van der Waals surface area contributed by atoms with Crippen LogP contribution < -0.4 is 16.0 Å². The fraction of sp³-hybridized carbons (Fsp3) is 0.263. The zero-order chi connectivity index (χ0) is 19.1. The van der Waals surface area contributed by atoms with Crippen molar-refractivity contribution in [3.8, 4) is 11.3 Å². The summed E-state index contributed by atoms with van der Waals surface area (Å²) in [5.74, 6) is 2.44. The van der Waals surface area contributed by atoms with Crippen molar-refractivity contribution in [3.05, 3.63) is 54.0 Å². The van der Waals surface area contributed by atoms with Crippen LogP contribution in [0.25, 0.3) is 11.3 Å². The van der Waals surface area contributed by atoms with Gasteiger partial charge in [0.1, 0.15) is 17.5 Å². The highest BCUT2D eigenvalue weighted by Crippen LogP contribution is 2.19. The van der Waals surface area contributed by atoms with E-state index in [1.807, 2.05) is 50.2 Å². The fourth-order valence-corrected chi connectivity index (χ4v) is 2.51. The first-order chi connectivity index (χ1) is 13.2. The van der Waals surface area contributed by atoms with Crippen LogP contribution in [0.1, 0.15) is 23.2 Å². The fourth-order valence-electron chi connectivity index (χ4n) is 2.51. The molecule has 0 aliphatic heterocycles. The van der Waals surface area contributed by atoms with E-state index < -0.39 is 0 Å². The van der Waals surface area contributed by atoms with Crippen LogP contribution in [-0.2, 0) is 0 Å². The van der Waals surface area contributed by atoms with E-state index in [0.29, 0.717) is 30.5 Å². The predicted molar refractivity (Wildman–Crippen MR) is 104 cm³/mol. The van der Waals surface area contributed by atoms with E-state index in [-0.39, 0.29) is 11.6 Å². The maximum atomic E-state index is 12.2. The number of nitrogens with one attached hydrogen (secondary N) is 3. The summed E-state index contributed by atoms with van der Waals surface area (Å²) in [6, 6.07) is 13.0. The summed E-state index contributed by atoms with van der Waals surface area (Å²) < 4.78 is 5.25. The maximum absolute atomic E-state index is 12.2. The van der Waals surface area contributed by atoms with E-state index in [9.17, 15) is 4.79 Å². The molecule has 0 saturated heterocycles. The highest BCUT2D eigenvalue weighted by atomic mass is 16.5. The Morgan fingerprint density at radius 1 is 1.04 bits per heavy atom. The second kappa shape index (κ2) is 8.79. The summed E-state index contributed by atoms with van der Waals surface area (Å²) in [5, 5.41) is 13.0. The molecule has 0 aliphatic carbocycles. The van der Waals surface area contributed by atoms with Crippen LogP contribution in [0.15, 0.2) is 47.0 Å². The van der Waals surface area contributed by atoms with Crippen molar-refractivity contribution in [3.63, 3.8) is 0 Å². The van der Waals surface area contributed by atoms with Gasteiger partial charge in [0.15, 0.2) is 11.5 Å². The summed E-state index contributed by atoms with van der Waals surface area (Å²) in [6.45, 7) is 5.58. The first-order valence-corrected chi connectivity index (χ1v) is 8.79. The van der Waals surface area contributed by atoms with Gasteiger partial charge in [-0.3, -0.25) is 4.79 Å². The topological polar surface area (TPSA) is 105 Å². The van der Waals surface area contributed by atoms with Crippen molar-refractivity contribution < 1.29 is 9.32 Å².